The van der Waals surface area contributed by atoms with E-state index in [-0.39, 0.29) is 17.8 Å². The molecule has 1 unspecified atom stereocenters. The van der Waals surface area contributed by atoms with E-state index in [1.54, 1.807) is 24.3 Å². The Balaban J connectivity index is 1.46. The highest BCUT2D eigenvalue weighted by molar-refractivity contribution is 6.01. The molecule has 2 saturated carbocycles. The Hall–Kier alpha value is -3.36. The van der Waals surface area contributed by atoms with Gasteiger partial charge in [-0.15, -0.1) is 0 Å². The zero-order chi connectivity index (χ0) is 24.7. The lowest BCUT2D eigenvalue weighted by Gasteiger charge is -2.30. The average Bonchev–Trinajstić information content (AvgIpc) is 3.59. The van der Waals surface area contributed by atoms with Gasteiger partial charge in [-0.25, -0.2) is 18.0 Å². The van der Waals surface area contributed by atoms with Crippen molar-refractivity contribution in [2.75, 3.05) is 17.7 Å². The Labute approximate surface area is 201 Å². The molecular formula is C26H28F3N3O3. The third-order valence-corrected chi connectivity index (χ3v) is 6.89. The van der Waals surface area contributed by atoms with E-state index < -0.39 is 24.9 Å². The van der Waals surface area contributed by atoms with Gasteiger partial charge < -0.3 is 19.8 Å². The summed E-state index contributed by atoms with van der Waals surface area (Å²) in [6, 6.07) is 9.76. The summed E-state index contributed by atoms with van der Waals surface area (Å²) in [6.45, 7) is 1.14. The molecular weight excluding hydrogens is 459 g/mol. The van der Waals surface area contributed by atoms with Crippen molar-refractivity contribution in [1.29, 1.82) is 0 Å². The maximum Gasteiger partial charge on any atom is 0.411 e. The van der Waals surface area contributed by atoms with Crippen LogP contribution in [0.4, 0.5) is 29.3 Å². The summed E-state index contributed by atoms with van der Waals surface area (Å²) < 4.78 is 52.9. The van der Waals surface area contributed by atoms with Crippen LogP contribution < -0.4 is 15.8 Å². The Morgan fingerprint density at radius 3 is 2.57 bits per heavy atom. The number of amides is 1. The smallest absolute Gasteiger partial charge is 0.411 e. The lowest BCUT2D eigenvalue weighted by molar-refractivity contribution is 0.0819. The Kier molecular flexibility index (Phi) is 6.25. The molecule has 2 aliphatic carbocycles. The Morgan fingerprint density at radius 1 is 1.17 bits per heavy atom. The van der Waals surface area contributed by atoms with Gasteiger partial charge in [0.15, 0.2) is 0 Å². The van der Waals surface area contributed by atoms with Gasteiger partial charge in [-0.2, -0.15) is 0 Å². The fourth-order valence-electron chi connectivity index (χ4n) is 4.62. The van der Waals surface area contributed by atoms with E-state index in [1.165, 1.54) is 12.1 Å². The molecule has 2 aromatic carbocycles. The topological polar surface area (TPSA) is 78.5 Å². The molecule has 0 spiro atoms. The lowest BCUT2D eigenvalue weighted by atomic mass is 9.92. The van der Waals surface area contributed by atoms with Crippen LogP contribution >= 0.6 is 0 Å². The van der Waals surface area contributed by atoms with E-state index in [0.29, 0.717) is 28.6 Å². The number of rotatable bonds is 8. The molecule has 5 rings (SSSR count). The predicted octanol–water partition coefficient (Wildman–Crippen LogP) is 6.75. The van der Waals surface area contributed by atoms with Gasteiger partial charge in [-0.1, -0.05) is 6.07 Å². The normalized spacial score (nSPS) is 16.8. The number of hydrogen-bond donors (Lipinski definition) is 2. The molecule has 9 heteroatoms. The first-order valence-electron chi connectivity index (χ1n) is 11.9. The van der Waals surface area contributed by atoms with Crippen LogP contribution in [0.3, 0.4) is 0 Å². The van der Waals surface area contributed by atoms with Crippen molar-refractivity contribution in [2.45, 2.75) is 57.6 Å². The number of carbonyl (C=O) groups is 1. The molecule has 1 atom stereocenters. The maximum atomic E-state index is 15.0. The number of benzene rings is 2. The van der Waals surface area contributed by atoms with Crippen LogP contribution in [0.1, 0.15) is 45.1 Å². The summed E-state index contributed by atoms with van der Waals surface area (Å²) in [5, 5.41) is 3.23. The van der Waals surface area contributed by atoms with E-state index in [2.05, 4.69) is 9.88 Å². The van der Waals surface area contributed by atoms with E-state index in [0.717, 1.165) is 43.0 Å². The van der Waals surface area contributed by atoms with Crippen LogP contribution in [0.25, 0.3) is 22.2 Å². The van der Waals surface area contributed by atoms with Gasteiger partial charge >= 0.3 is 6.09 Å². The number of nitrogens with one attached hydrogen (secondary N) is 1. The van der Waals surface area contributed by atoms with Crippen molar-refractivity contribution in [2.24, 2.45) is 5.92 Å². The van der Waals surface area contributed by atoms with Crippen LogP contribution in [0.5, 0.6) is 5.75 Å². The van der Waals surface area contributed by atoms with Gasteiger partial charge in [0.05, 0.1) is 22.6 Å². The first kappa shape index (κ1) is 23.4. The number of fused-ring (bicyclic) bond motifs is 1. The first-order valence-corrected chi connectivity index (χ1v) is 11.9. The van der Waals surface area contributed by atoms with Crippen LogP contribution in [-0.2, 0) is 4.74 Å². The summed E-state index contributed by atoms with van der Waals surface area (Å²) >= 11 is 0. The fraction of sp³-hybridized carbons (Fsp3) is 0.423. The molecule has 2 fully saturated rings. The zero-order valence-corrected chi connectivity index (χ0v) is 19.4. The minimum Gasteiger partial charge on any atom is -0.488 e. The van der Waals surface area contributed by atoms with E-state index in [4.69, 9.17) is 15.2 Å². The second kappa shape index (κ2) is 9.36. The molecule has 0 bridgehead atoms. The van der Waals surface area contributed by atoms with Gasteiger partial charge in [-0.3, -0.25) is 5.32 Å². The van der Waals surface area contributed by atoms with Crippen molar-refractivity contribution in [3.8, 4) is 17.0 Å². The number of carbonyl (C=O) groups excluding carboxylic acids is 1. The fourth-order valence-corrected chi connectivity index (χ4v) is 4.62. The maximum absolute atomic E-state index is 15.0. The van der Waals surface area contributed by atoms with Gasteiger partial charge in [0, 0.05) is 23.1 Å². The number of halogens is 3. The standard InChI is InChI=1S/C26H28F3N3O3/c1-14(15-5-6-15)35-26(33)31-21-10-7-16(11-20(21)27)25-24(30)19-9-8-18(34-13-23(28)29)12-22(19)32(25)17-3-2-4-17/h7-12,14-15,17,23H,2-6,13,30H2,1H3,(H,31,33). The summed E-state index contributed by atoms with van der Waals surface area (Å²) in [6.07, 6.45) is 1.54. The predicted molar refractivity (Wildman–Crippen MR) is 128 cm³/mol. The molecule has 1 aromatic heterocycles. The van der Waals surface area contributed by atoms with E-state index >= 15 is 4.39 Å². The van der Waals surface area contributed by atoms with Crippen LogP contribution in [0.15, 0.2) is 36.4 Å². The highest BCUT2D eigenvalue weighted by atomic mass is 19.3. The molecule has 1 amide bonds. The summed E-state index contributed by atoms with van der Waals surface area (Å²) in [5.41, 5.74) is 9.00. The number of alkyl halides is 2. The summed E-state index contributed by atoms with van der Waals surface area (Å²) in [7, 11) is 0. The largest absolute Gasteiger partial charge is 0.488 e. The second-order valence-corrected chi connectivity index (χ2v) is 9.37. The summed E-state index contributed by atoms with van der Waals surface area (Å²) in [4.78, 5) is 12.2. The van der Waals surface area contributed by atoms with Gasteiger partial charge in [0.2, 0.25) is 0 Å². The van der Waals surface area contributed by atoms with E-state index in [9.17, 15) is 13.6 Å². The molecule has 2 aliphatic rings. The van der Waals surface area contributed by atoms with Crippen LogP contribution in [0, 0.1) is 11.7 Å². The number of nitrogens with two attached hydrogens (primary N) is 1. The zero-order valence-electron chi connectivity index (χ0n) is 19.4. The van der Waals surface area contributed by atoms with Gasteiger partial charge in [0.25, 0.3) is 6.43 Å². The molecule has 0 aliphatic heterocycles. The monoisotopic (exact) mass is 487 g/mol. The highest BCUT2D eigenvalue weighted by Gasteiger charge is 2.31. The summed E-state index contributed by atoms with van der Waals surface area (Å²) in [5.74, 6) is 0.0991. The number of nitrogen functional groups attached to an aromatic ring is 1. The molecule has 3 aromatic rings. The SMILES string of the molecule is CC(OC(=O)Nc1ccc(-c2c(N)c3ccc(OCC(F)F)cc3n2C2CCC2)cc1F)C1CC1. The van der Waals surface area contributed by atoms with Crippen molar-refractivity contribution < 1.29 is 27.4 Å². The van der Waals surface area contributed by atoms with Crippen molar-refractivity contribution in [3.63, 3.8) is 0 Å². The highest BCUT2D eigenvalue weighted by Crippen LogP contribution is 2.45. The van der Waals surface area contributed by atoms with Gasteiger partial charge in [0.1, 0.15) is 24.3 Å². The number of hydrogen-bond acceptors (Lipinski definition) is 4. The van der Waals surface area contributed by atoms with Crippen LogP contribution in [-0.4, -0.2) is 29.8 Å². The number of ether oxygens (including phenoxy) is 2. The molecule has 186 valence electrons. The third kappa shape index (κ3) is 4.76. The average molecular weight is 488 g/mol. The molecule has 35 heavy (non-hydrogen) atoms. The van der Waals surface area contributed by atoms with Crippen molar-refractivity contribution in [1.82, 2.24) is 4.57 Å². The minimum absolute atomic E-state index is 0.0225. The van der Waals surface area contributed by atoms with Crippen LogP contribution in [0.2, 0.25) is 0 Å². The Bertz CT molecular complexity index is 1250. The minimum atomic E-state index is -2.57. The Morgan fingerprint density at radius 2 is 1.94 bits per heavy atom. The van der Waals surface area contributed by atoms with Crippen molar-refractivity contribution in [3.05, 3.63) is 42.2 Å². The van der Waals surface area contributed by atoms with E-state index in [1.807, 2.05) is 6.92 Å². The number of anilines is 2. The molecule has 6 nitrogen and oxygen atoms in total. The van der Waals surface area contributed by atoms with Gasteiger partial charge in [-0.05, 0) is 69.2 Å². The second-order valence-electron chi connectivity index (χ2n) is 9.37. The van der Waals surface area contributed by atoms with Crippen molar-refractivity contribution >= 4 is 28.4 Å². The molecule has 0 radical (unpaired) electrons. The molecule has 1 heterocycles. The lowest BCUT2D eigenvalue weighted by Crippen LogP contribution is -2.22. The number of aromatic nitrogens is 1. The first-order chi connectivity index (χ1) is 16.8. The molecule has 3 N–H and O–H groups in total. The quantitative estimate of drug-likeness (QED) is 0.369. The number of nitrogens with zero attached hydrogens (tertiary/aromatic N) is 1. The molecule has 0 saturated heterocycles. The third-order valence-electron chi connectivity index (χ3n) is 6.89.